The van der Waals surface area contributed by atoms with Crippen molar-refractivity contribution in [2.24, 2.45) is 5.41 Å². The van der Waals surface area contributed by atoms with Crippen LogP contribution in [0.25, 0.3) is 0 Å². The molecule has 2 aliphatic heterocycles. The van der Waals surface area contributed by atoms with Crippen molar-refractivity contribution in [2.45, 2.75) is 27.2 Å². The van der Waals surface area contributed by atoms with Crippen molar-refractivity contribution in [2.75, 3.05) is 32.8 Å². The van der Waals surface area contributed by atoms with Crippen molar-refractivity contribution in [3.63, 3.8) is 0 Å². The van der Waals surface area contributed by atoms with E-state index in [1.165, 1.54) is 32.5 Å². The van der Waals surface area contributed by atoms with E-state index in [0.29, 0.717) is 5.41 Å². The Labute approximate surface area is 75.9 Å². The van der Waals surface area contributed by atoms with E-state index in [1.54, 1.807) is 0 Å². The molecule has 0 saturated carbocycles. The first-order valence-corrected chi connectivity index (χ1v) is 4.65. The summed E-state index contributed by atoms with van der Waals surface area (Å²) < 4.78 is 5.21. The summed E-state index contributed by atoms with van der Waals surface area (Å²) in [7, 11) is 0. The predicted molar refractivity (Wildman–Crippen MR) is 51.3 cm³/mol. The predicted octanol–water partition coefficient (Wildman–Crippen LogP) is 1.75. The third-order valence-corrected chi connectivity index (χ3v) is 2.76. The Morgan fingerprint density at radius 3 is 2.42 bits per heavy atom. The van der Waals surface area contributed by atoms with E-state index >= 15 is 0 Å². The van der Waals surface area contributed by atoms with Crippen LogP contribution in [-0.4, -0.2) is 37.7 Å². The normalized spacial score (nSPS) is 25.8. The molecule has 0 radical (unpaired) electrons. The van der Waals surface area contributed by atoms with Crippen molar-refractivity contribution in [3.8, 4) is 0 Å². The van der Waals surface area contributed by atoms with Gasteiger partial charge in [0.2, 0.25) is 0 Å². The highest BCUT2D eigenvalue weighted by molar-refractivity contribution is 4.99. The lowest BCUT2D eigenvalue weighted by Crippen LogP contribution is -2.65. The second-order valence-corrected chi connectivity index (χ2v) is 4.06. The molecule has 12 heavy (non-hydrogen) atoms. The average molecular weight is 171 g/mol. The van der Waals surface area contributed by atoms with E-state index in [0.717, 1.165) is 13.2 Å². The van der Waals surface area contributed by atoms with Gasteiger partial charge in [-0.25, -0.2) is 0 Å². The standard InChI is InChI=1S/C9H17NO.CH4/c1-2-3-4-10-5-9(6-10)7-11-8-9;/h2-8H2,1H3;1H4. The van der Waals surface area contributed by atoms with Gasteiger partial charge in [0.25, 0.3) is 0 Å². The number of nitrogens with zero attached hydrogens (tertiary/aromatic N) is 1. The molecule has 2 aliphatic rings. The zero-order chi connectivity index (χ0) is 7.73. The zero-order valence-corrected chi connectivity index (χ0v) is 7.31. The quantitative estimate of drug-likeness (QED) is 0.641. The molecule has 0 unspecified atom stereocenters. The smallest absolute Gasteiger partial charge is 0.0569 e. The summed E-state index contributed by atoms with van der Waals surface area (Å²) >= 11 is 0. The van der Waals surface area contributed by atoms with E-state index < -0.39 is 0 Å². The number of ether oxygens (including phenoxy) is 1. The van der Waals surface area contributed by atoms with Gasteiger partial charge in [0.15, 0.2) is 0 Å². The second-order valence-electron chi connectivity index (χ2n) is 4.06. The second kappa shape index (κ2) is 3.75. The molecular weight excluding hydrogens is 150 g/mol. The van der Waals surface area contributed by atoms with Gasteiger partial charge in [-0.05, 0) is 13.0 Å². The van der Waals surface area contributed by atoms with Gasteiger partial charge in [-0.1, -0.05) is 20.8 Å². The molecule has 0 aliphatic carbocycles. The summed E-state index contributed by atoms with van der Waals surface area (Å²) in [5.41, 5.74) is 0.619. The first-order chi connectivity index (χ1) is 5.35. The fourth-order valence-corrected chi connectivity index (χ4v) is 2.02. The lowest BCUT2D eigenvalue weighted by molar-refractivity contribution is -0.188. The minimum Gasteiger partial charge on any atom is -0.380 e. The van der Waals surface area contributed by atoms with Crippen LogP contribution < -0.4 is 0 Å². The molecule has 1 spiro atoms. The Morgan fingerprint density at radius 1 is 1.33 bits per heavy atom. The number of hydrogen-bond donors (Lipinski definition) is 0. The maximum atomic E-state index is 5.21. The van der Waals surface area contributed by atoms with E-state index in [4.69, 9.17) is 4.74 Å². The van der Waals surface area contributed by atoms with Crippen LogP contribution in [0.1, 0.15) is 27.2 Å². The molecule has 0 aromatic rings. The average Bonchev–Trinajstić information content (AvgIpc) is 1.81. The summed E-state index contributed by atoms with van der Waals surface area (Å²) in [6, 6.07) is 0. The molecule has 2 heterocycles. The molecule has 2 fully saturated rings. The van der Waals surface area contributed by atoms with E-state index in [1.807, 2.05) is 0 Å². The van der Waals surface area contributed by atoms with Gasteiger partial charge in [-0.15, -0.1) is 0 Å². The van der Waals surface area contributed by atoms with Crippen LogP contribution in [0.2, 0.25) is 0 Å². The van der Waals surface area contributed by atoms with Crippen molar-refractivity contribution in [1.82, 2.24) is 4.90 Å². The first kappa shape index (κ1) is 10.0. The monoisotopic (exact) mass is 171 g/mol. The third kappa shape index (κ3) is 1.64. The number of likely N-dealkylation sites (tertiary alicyclic amines) is 1. The molecule has 0 amide bonds. The van der Waals surface area contributed by atoms with Crippen LogP contribution >= 0.6 is 0 Å². The van der Waals surface area contributed by atoms with Crippen molar-refractivity contribution < 1.29 is 4.74 Å². The lowest BCUT2D eigenvalue weighted by Gasteiger charge is -2.55. The van der Waals surface area contributed by atoms with Gasteiger partial charge in [-0.2, -0.15) is 0 Å². The van der Waals surface area contributed by atoms with Crippen LogP contribution in [0.5, 0.6) is 0 Å². The molecule has 0 aromatic carbocycles. The molecule has 2 saturated heterocycles. The minimum atomic E-state index is 0. The topological polar surface area (TPSA) is 12.5 Å². The molecule has 0 atom stereocenters. The molecule has 72 valence electrons. The highest BCUT2D eigenvalue weighted by Crippen LogP contribution is 2.37. The Morgan fingerprint density at radius 2 is 2.00 bits per heavy atom. The maximum Gasteiger partial charge on any atom is 0.0569 e. The fourth-order valence-electron chi connectivity index (χ4n) is 2.02. The summed E-state index contributed by atoms with van der Waals surface area (Å²) in [5.74, 6) is 0. The first-order valence-electron chi connectivity index (χ1n) is 4.65. The molecule has 2 rings (SSSR count). The van der Waals surface area contributed by atoms with Crippen LogP contribution in [0.4, 0.5) is 0 Å². The lowest BCUT2D eigenvalue weighted by atomic mass is 9.78. The third-order valence-electron chi connectivity index (χ3n) is 2.76. The number of unbranched alkanes of at least 4 members (excludes halogenated alkanes) is 1. The molecule has 2 heteroatoms. The van der Waals surface area contributed by atoms with Gasteiger partial charge in [0.05, 0.1) is 13.2 Å². The van der Waals surface area contributed by atoms with Gasteiger partial charge >= 0.3 is 0 Å². The van der Waals surface area contributed by atoms with Crippen LogP contribution in [0.15, 0.2) is 0 Å². The number of hydrogen-bond acceptors (Lipinski definition) is 2. The summed E-state index contributed by atoms with van der Waals surface area (Å²) in [6.45, 7) is 8.20. The van der Waals surface area contributed by atoms with Crippen molar-refractivity contribution in [3.05, 3.63) is 0 Å². The fraction of sp³-hybridized carbons (Fsp3) is 1.00. The van der Waals surface area contributed by atoms with Gasteiger partial charge in [0.1, 0.15) is 0 Å². The van der Waals surface area contributed by atoms with Crippen LogP contribution in [0.3, 0.4) is 0 Å². The Hall–Kier alpha value is -0.0800. The van der Waals surface area contributed by atoms with Crippen LogP contribution in [-0.2, 0) is 4.74 Å². The summed E-state index contributed by atoms with van der Waals surface area (Å²) in [5, 5.41) is 0. The highest BCUT2D eigenvalue weighted by Gasteiger charge is 2.48. The van der Waals surface area contributed by atoms with Crippen molar-refractivity contribution in [1.29, 1.82) is 0 Å². The van der Waals surface area contributed by atoms with E-state index in [-0.39, 0.29) is 7.43 Å². The maximum absolute atomic E-state index is 5.21. The highest BCUT2D eigenvalue weighted by atomic mass is 16.5. The van der Waals surface area contributed by atoms with E-state index in [9.17, 15) is 0 Å². The minimum absolute atomic E-state index is 0. The van der Waals surface area contributed by atoms with E-state index in [2.05, 4.69) is 11.8 Å². The molecule has 0 N–H and O–H groups in total. The van der Waals surface area contributed by atoms with Gasteiger partial charge in [0, 0.05) is 18.5 Å². The van der Waals surface area contributed by atoms with Crippen molar-refractivity contribution >= 4 is 0 Å². The molecule has 0 aromatic heterocycles. The Balaban J connectivity index is 0.000000720. The Bertz CT molecular complexity index is 135. The van der Waals surface area contributed by atoms with Crippen LogP contribution in [0, 0.1) is 5.41 Å². The summed E-state index contributed by atoms with van der Waals surface area (Å²) in [4.78, 5) is 2.55. The molecular formula is C10H21NO. The van der Waals surface area contributed by atoms with Gasteiger partial charge in [-0.3, -0.25) is 0 Å². The summed E-state index contributed by atoms with van der Waals surface area (Å²) in [6.07, 6.45) is 2.68. The number of rotatable bonds is 3. The molecule has 2 nitrogen and oxygen atoms in total. The largest absolute Gasteiger partial charge is 0.380 e. The SMILES string of the molecule is C.CCCCN1CC2(COC2)C1. The molecule has 0 bridgehead atoms. The van der Waals surface area contributed by atoms with Gasteiger partial charge < -0.3 is 9.64 Å². The zero-order valence-electron chi connectivity index (χ0n) is 7.31. The Kier molecular flexibility index (Phi) is 3.13.